The summed E-state index contributed by atoms with van der Waals surface area (Å²) in [6, 6.07) is 24.8. The molecule has 0 aliphatic heterocycles. The van der Waals surface area contributed by atoms with Crippen LogP contribution in [0.3, 0.4) is 0 Å². The van der Waals surface area contributed by atoms with Gasteiger partial charge < -0.3 is 9.84 Å². The van der Waals surface area contributed by atoms with Gasteiger partial charge in [-0.1, -0.05) is 78.9 Å². The third kappa shape index (κ3) is 4.62. The maximum absolute atomic E-state index is 13.4. The van der Waals surface area contributed by atoms with Gasteiger partial charge in [-0.15, -0.1) is 0 Å². The zero-order valence-electron chi connectivity index (χ0n) is 16.9. The first-order valence-electron chi connectivity index (χ1n) is 9.69. The van der Waals surface area contributed by atoms with E-state index in [9.17, 15) is 19.5 Å². The van der Waals surface area contributed by atoms with E-state index < -0.39 is 23.4 Å². The Morgan fingerprint density at radius 2 is 1.29 bits per heavy atom. The third-order valence-corrected chi connectivity index (χ3v) is 4.59. The normalized spacial score (nSPS) is 10.8. The van der Waals surface area contributed by atoms with Crippen LogP contribution in [0.1, 0.15) is 18.1 Å². The van der Waals surface area contributed by atoms with Gasteiger partial charge >= 0.3 is 11.9 Å². The zero-order valence-corrected chi connectivity index (χ0v) is 16.9. The number of nitrogens with one attached hydrogen (secondary N) is 1. The number of nitrogens with zero attached hydrogens (tertiary/aromatic N) is 1. The van der Waals surface area contributed by atoms with Crippen molar-refractivity contribution in [1.29, 1.82) is 0 Å². The van der Waals surface area contributed by atoms with E-state index in [1.807, 2.05) is 0 Å². The number of anilines is 1. The van der Waals surface area contributed by atoms with Crippen molar-refractivity contribution in [1.82, 2.24) is 5.43 Å². The molecule has 0 radical (unpaired) electrons. The van der Waals surface area contributed by atoms with Crippen molar-refractivity contribution in [2.45, 2.75) is 12.5 Å². The number of ether oxygens (including phenoxy) is 1. The first-order chi connectivity index (χ1) is 15.0. The maximum Gasteiger partial charge on any atom is 0.399 e. The Morgan fingerprint density at radius 3 is 1.74 bits per heavy atom. The number of rotatable bonds is 5. The number of carbonyl (C=O) groups excluding carboxylic acids is 3. The van der Waals surface area contributed by atoms with E-state index in [1.54, 1.807) is 97.9 Å². The largest absolute Gasteiger partial charge is 0.459 e. The fourth-order valence-corrected chi connectivity index (χ4v) is 3.06. The summed E-state index contributed by atoms with van der Waals surface area (Å²) in [6.45, 7) is 1.57. The molecule has 0 saturated heterocycles. The average Bonchev–Trinajstić information content (AvgIpc) is 2.83. The summed E-state index contributed by atoms with van der Waals surface area (Å²) in [6.07, 6.45) is 0. The minimum atomic E-state index is -2.12. The molecule has 0 aliphatic rings. The van der Waals surface area contributed by atoms with Gasteiger partial charge in [0.25, 0.3) is 5.91 Å². The summed E-state index contributed by atoms with van der Waals surface area (Å²) in [5, 5.41) is 12.4. The van der Waals surface area contributed by atoms with Crippen LogP contribution in [0.2, 0.25) is 0 Å². The fourth-order valence-electron chi connectivity index (χ4n) is 3.06. The topological polar surface area (TPSA) is 95.9 Å². The summed E-state index contributed by atoms with van der Waals surface area (Å²) >= 11 is 0. The number of aliphatic hydroxyl groups is 1. The van der Waals surface area contributed by atoms with Crippen LogP contribution in [0.15, 0.2) is 91.0 Å². The molecule has 3 aromatic carbocycles. The van der Waals surface area contributed by atoms with Crippen LogP contribution >= 0.6 is 0 Å². The molecule has 0 saturated carbocycles. The molecule has 0 unspecified atom stereocenters. The Balaban J connectivity index is 2.03. The molecule has 3 rings (SSSR count). The highest BCUT2D eigenvalue weighted by Crippen LogP contribution is 2.30. The van der Waals surface area contributed by atoms with Crippen molar-refractivity contribution in [2.24, 2.45) is 0 Å². The Hall–Kier alpha value is -3.97. The molecule has 158 valence electrons. The molecule has 2 amide bonds. The maximum atomic E-state index is 13.4. The van der Waals surface area contributed by atoms with Gasteiger partial charge in [-0.2, -0.15) is 0 Å². The molecule has 0 aromatic heterocycles. The van der Waals surface area contributed by atoms with E-state index in [4.69, 9.17) is 4.74 Å². The first kappa shape index (κ1) is 21.7. The number of para-hydroxylation sites is 1. The van der Waals surface area contributed by atoms with Crippen molar-refractivity contribution in [3.8, 4) is 0 Å². The second-order valence-electron chi connectivity index (χ2n) is 6.58. The molecule has 3 aromatic rings. The summed E-state index contributed by atoms with van der Waals surface area (Å²) < 4.78 is 4.80. The van der Waals surface area contributed by atoms with Crippen LogP contribution in [0.5, 0.6) is 0 Å². The second-order valence-corrected chi connectivity index (χ2v) is 6.58. The van der Waals surface area contributed by atoms with Crippen molar-refractivity contribution in [3.63, 3.8) is 0 Å². The van der Waals surface area contributed by atoms with Gasteiger partial charge in [-0.3, -0.25) is 15.0 Å². The Bertz CT molecular complexity index is 1000. The predicted octanol–water partition coefficient (Wildman–Crippen LogP) is 2.55. The van der Waals surface area contributed by atoms with Crippen LogP contribution in [0.25, 0.3) is 0 Å². The van der Waals surface area contributed by atoms with Gasteiger partial charge in [0.05, 0.1) is 12.3 Å². The highest BCUT2D eigenvalue weighted by Gasteiger charge is 2.42. The van der Waals surface area contributed by atoms with E-state index in [2.05, 4.69) is 5.43 Å². The quantitative estimate of drug-likeness (QED) is 0.377. The zero-order chi connectivity index (χ0) is 22.3. The monoisotopic (exact) mass is 418 g/mol. The van der Waals surface area contributed by atoms with E-state index in [1.165, 1.54) is 0 Å². The number of hydrogen-bond donors (Lipinski definition) is 2. The Morgan fingerprint density at radius 1 is 0.839 bits per heavy atom. The highest BCUT2D eigenvalue weighted by atomic mass is 16.5. The number of carbonyl (C=O) groups is 3. The van der Waals surface area contributed by atoms with E-state index in [0.29, 0.717) is 11.1 Å². The molecule has 31 heavy (non-hydrogen) atoms. The molecule has 0 bridgehead atoms. The van der Waals surface area contributed by atoms with Gasteiger partial charge in [0.1, 0.15) is 0 Å². The summed E-state index contributed by atoms with van der Waals surface area (Å²) in [7, 11) is 0. The van der Waals surface area contributed by atoms with Gasteiger partial charge in [-0.25, -0.2) is 9.80 Å². The number of hydrazine groups is 1. The van der Waals surface area contributed by atoms with Crippen LogP contribution in [-0.2, 0) is 24.7 Å². The minimum Gasteiger partial charge on any atom is -0.459 e. The summed E-state index contributed by atoms with van der Waals surface area (Å²) in [5.74, 6) is -3.13. The van der Waals surface area contributed by atoms with Crippen molar-refractivity contribution in [2.75, 3.05) is 11.6 Å². The number of hydrogen-bond acceptors (Lipinski definition) is 5. The molecule has 7 nitrogen and oxygen atoms in total. The lowest BCUT2D eigenvalue weighted by Gasteiger charge is -2.31. The standard InChI is InChI=1S/C24H22N2O5/c1-2-31-22(28)21(27)26(20-16-10-5-11-17-20)25-23(29)24(30,18-12-6-3-7-13-18)19-14-8-4-9-15-19/h3-17,30H,2H2,1H3,(H,25,29). The lowest BCUT2D eigenvalue weighted by atomic mass is 9.85. The molecule has 0 heterocycles. The van der Waals surface area contributed by atoms with Crippen LogP contribution in [0, 0.1) is 0 Å². The molecule has 0 atom stereocenters. The SMILES string of the molecule is CCOC(=O)C(=O)N(NC(=O)C(O)(c1ccccc1)c1ccccc1)c1ccccc1. The smallest absolute Gasteiger partial charge is 0.399 e. The minimum absolute atomic E-state index is 0.000875. The molecule has 2 N–H and O–H groups in total. The van der Waals surface area contributed by atoms with E-state index >= 15 is 0 Å². The first-order valence-corrected chi connectivity index (χ1v) is 9.69. The molecule has 0 aliphatic carbocycles. The summed E-state index contributed by atoms with van der Waals surface area (Å²) in [4.78, 5) is 38.3. The average molecular weight is 418 g/mol. The molecule has 7 heteroatoms. The molecular weight excluding hydrogens is 396 g/mol. The van der Waals surface area contributed by atoms with Crippen molar-refractivity contribution < 1.29 is 24.2 Å². The number of amides is 2. The Labute approximate surface area is 179 Å². The van der Waals surface area contributed by atoms with E-state index in [-0.39, 0.29) is 12.3 Å². The number of benzene rings is 3. The van der Waals surface area contributed by atoms with Gasteiger partial charge in [0.2, 0.25) is 0 Å². The summed E-state index contributed by atoms with van der Waals surface area (Å²) in [5.41, 5.74) is 1.12. The lowest BCUT2D eigenvalue weighted by Crippen LogP contribution is -2.56. The Kier molecular flexibility index (Phi) is 6.79. The van der Waals surface area contributed by atoms with E-state index in [0.717, 1.165) is 5.01 Å². The predicted molar refractivity (Wildman–Crippen MR) is 115 cm³/mol. The fraction of sp³-hybridized carbons (Fsp3) is 0.125. The lowest BCUT2D eigenvalue weighted by molar-refractivity contribution is -0.154. The van der Waals surface area contributed by atoms with Gasteiger partial charge in [0, 0.05) is 0 Å². The highest BCUT2D eigenvalue weighted by molar-refractivity contribution is 6.38. The van der Waals surface area contributed by atoms with Gasteiger partial charge in [0.15, 0.2) is 5.60 Å². The molecule has 0 spiro atoms. The van der Waals surface area contributed by atoms with Crippen LogP contribution < -0.4 is 10.4 Å². The van der Waals surface area contributed by atoms with Crippen LogP contribution in [-0.4, -0.2) is 29.5 Å². The number of esters is 1. The second kappa shape index (κ2) is 9.69. The third-order valence-electron chi connectivity index (χ3n) is 4.59. The van der Waals surface area contributed by atoms with Gasteiger partial charge in [-0.05, 0) is 30.2 Å². The van der Waals surface area contributed by atoms with Crippen LogP contribution in [0.4, 0.5) is 5.69 Å². The molecule has 0 fully saturated rings. The molecular formula is C24H22N2O5. The van der Waals surface area contributed by atoms with Crippen molar-refractivity contribution in [3.05, 3.63) is 102 Å². The van der Waals surface area contributed by atoms with Crippen molar-refractivity contribution >= 4 is 23.5 Å².